The molecular weight excluding hydrogens is 1490 g/mol. The Hall–Kier alpha value is -3.25. The Balaban J connectivity index is 1.13. The fourth-order valence-corrected chi connectivity index (χ4v) is 13.6. The molecule has 0 unspecified atom stereocenters. The number of ether oxygens (including phenoxy) is 15. The van der Waals surface area contributed by atoms with Crippen LogP contribution in [0.15, 0.2) is 0 Å². The molecule has 8 aliphatic heterocycles. The third kappa shape index (κ3) is 20.7. The van der Waals surface area contributed by atoms with Crippen LogP contribution in [0.1, 0.15) is 27.7 Å². The number of aliphatic hydroxyl groups excluding tert-OH is 20. The third-order valence-electron chi connectivity index (χ3n) is 18.2. The van der Waals surface area contributed by atoms with Gasteiger partial charge in [-0.2, -0.15) is 16.8 Å². The van der Waals surface area contributed by atoms with E-state index >= 15 is 0 Å². The summed E-state index contributed by atoms with van der Waals surface area (Å²) in [6.07, 6.45) is -79.3. The standard InChI is InChI=1S/C54H91N3O46S2/c1-12-26(65)33(72)37(76)50(90-12)88-10-22-42(31(70)23(47(80)91-22)55-13(2)62)98-48-24(56-14(3)63)32(71)41(18(7-60)94-48)99-53-40(79)45(30(69)20(97-53)9-87-51-38(77)34(73)27(66)16(5-58)92-51)101-54-46(35(74)28(67)17(6-59)93-54)102-49-25(57-15(4)64)44(29(68)21(96-49)11-89-104(81,82)83)100-52-39(78)36(75)43(19(8-61)95-52)103-105(84,85)86/h12,16-54,58-61,65-80H,5-11H2,1-4H3,(H,55,62)(H,56,63)(H,57,64)(H,81,82,83)(H,84,85,86)/t12-,16+,17+,18+,19+,20+,21+,22+,23+,24+,25+,26+,27+,28+,29+,30+,31+,32+,33+,34-,35-,36+,37-,38-,39+,40-,41+,42+,43-,44+,45-,46-,47+,48-,49-,50+,51-,52-,53-,54+/m0/s1. The van der Waals surface area contributed by atoms with Crippen LogP contribution < -0.4 is 16.0 Å². The molecule has 610 valence electrons. The van der Waals surface area contributed by atoms with E-state index in [0.717, 1.165) is 20.8 Å². The van der Waals surface area contributed by atoms with Gasteiger partial charge in [-0.1, -0.05) is 0 Å². The summed E-state index contributed by atoms with van der Waals surface area (Å²) in [5, 5.41) is 229. The number of carbonyl (C=O) groups excluding carboxylic acids is 3. The monoisotopic (exact) mass is 1580 g/mol. The molecule has 0 aromatic rings. The first-order chi connectivity index (χ1) is 49.1. The highest BCUT2D eigenvalue weighted by molar-refractivity contribution is 7.81. The molecule has 3 amide bonds. The second kappa shape index (κ2) is 36.9. The third-order valence-corrected chi connectivity index (χ3v) is 19.1. The molecule has 0 spiro atoms. The van der Waals surface area contributed by atoms with E-state index in [0.29, 0.717) is 0 Å². The van der Waals surface area contributed by atoms with Gasteiger partial charge in [0.05, 0.1) is 52.4 Å². The Morgan fingerprint density at radius 2 is 0.705 bits per heavy atom. The highest BCUT2D eigenvalue weighted by atomic mass is 32.3. The van der Waals surface area contributed by atoms with Gasteiger partial charge in [0.2, 0.25) is 17.7 Å². The molecule has 0 bridgehead atoms. The van der Waals surface area contributed by atoms with Gasteiger partial charge < -0.3 is 189 Å². The van der Waals surface area contributed by atoms with E-state index in [1.165, 1.54) is 6.92 Å². The zero-order valence-electron chi connectivity index (χ0n) is 55.5. The average molecular weight is 1580 g/mol. The van der Waals surface area contributed by atoms with Crippen molar-refractivity contribution in [1.29, 1.82) is 0 Å². The van der Waals surface area contributed by atoms with Gasteiger partial charge >= 0.3 is 20.8 Å². The number of carbonyl (C=O) groups is 3. The maximum absolute atomic E-state index is 13.1. The summed E-state index contributed by atoms with van der Waals surface area (Å²) in [5.41, 5.74) is 0. The van der Waals surface area contributed by atoms with E-state index in [1.807, 2.05) is 0 Å². The molecule has 8 aliphatic rings. The van der Waals surface area contributed by atoms with Crippen LogP contribution in [0.2, 0.25) is 0 Å². The van der Waals surface area contributed by atoms with Crippen molar-refractivity contribution in [2.75, 3.05) is 46.2 Å². The first kappa shape index (κ1) is 87.3. The van der Waals surface area contributed by atoms with Gasteiger partial charge in [0, 0.05) is 20.8 Å². The predicted molar refractivity (Wildman–Crippen MR) is 319 cm³/mol. The van der Waals surface area contributed by atoms with Gasteiger partial charge in [-0.25, -0.2) is 8.37 Å². The molecule has 49 nitrogen and oxygen atoms in total. The Bertz CT molecular complexity index is 3030. The summed E-state index contributed by atoms with van der Waals surface area (Å²) in [6, 6.07) is -5.88. The zero-order chi connectivity index (χ0) is 77.9. The smallest absolute Gasteiger partial charge is 0.394 e. The van der Waals surface area contributed by atoms with E-state index in [9.17, 15) is 142 Å². The Labute approximate surface area is 594 Å². The van der Waals surface area contributed by atoms with Crippen molar-refractivity contribution < 1.29 is 222 Å². The Morgan fingerprint density at radius 3 is 1.28 bits per heavy atom. The van der Waals surface area contributed by atoms with Crippen LogP contribution in [0, 0.1) is 0 Å². The second-order valence-corrected chi connectivity index (χ2v) is 27.8. The van der Waals surface area contributed by atoms with Gasteiger partial charge in [0.25, 0.3) is 0 Å². The molecule has 8 fully saturated rings. The van der Waals surface area contributed by atoms with Crippen molar-refractivity contribution in [2.45, 2.75) is 273 Å². The van der Waals surface area contributed by atoms with Crippen molar-refractivity contribution in [2.24, 2.45) is 0 Å². The summed E-state index contributed by atoms with van der Waals surface area (Å²) in [5.74, 6) is -2.91. The molecule has 0 aliphatic carbocycles. The van der Waals surface area contributed by atoms with E-state index < -0.39 is 330 Å². The van der Waals surface area contributed by atoms with Crippen LogP contribution in [0.5, 0.6) is 0 Å². The summed E-state index contributed by atoms with van der Waals surface area (Å²) < 4.78 is 162. The Kier molecular flexibility index (Phi) is 30.7. The van der Waals surface area contributed by atoms with Crippen LogP contribution in [0.25, 0.3) is 0 Å². The molecule has 8 saturated heterocycles. The molecular formula is C54H91N3O46S2. The van der Waals surface area contributed by atoms with Crippen LogP contribution >= 0.6 is 0 Å². The zero-order valence-corrected chi connectivity index (χ0v) is 57.1. The van der Waals surface area contributed by atoms with Gasteiger partial charge in [-0.3, -0.25) is 23.5 Å². The minimum atomic E-state index is -5.49. The van der Waals surface area contributed by atoms with E-state index in [1.54, 1.807) is 0 Å². The summed E-state index contributed by atoms with van der Waals surface area (Å²) in [7, 11) is -11.0. The van der Waals surface area contributed by atoms with Crippen LogP contribution in [-0.2, 0) is 115 Å². The van der Waals surface area contributed by atoms with E-state index in [2.05, 4.69) is 24.3 Å². The Morgan fingerprint density at radius 1 is 0.324 bits per heavy atom. The van der Waals surface area contributed by atoms with Crippen molar-refractivity contribution in [3.63, 3.8) is 0 Å². The fourth-order valence-electron chi connectivity index (χ4n) is 12.8. The lowest BCUT2D eigenvalue weighted by atomic mass is 9.93. The van der Waals surface area contributed by atoms with Crippen molar-refractivity contribution in [3.05, 3.63) is 0 Å². The highest BCUT2D eigenvalue weighted by Gasteiger charge is 2.60. The number of hydrogen-bond acceptors (Lipinski definition) is 44. The number of aliphatic hydroxyl groups is 20. The molecule has 0 saturated carbocycles. The number of rotatable bonds is 28. The molecule has 105 heavy (non-hydrogen) atoms. The lowest BCUT2D eigenvalue weighted by Crippen LogP contribution is -2.71. The summed E-state index contributed by atoms with van der Waals surface area (Å²) >= 11 is 0. The lowest BCUT2D eigenvalue weighted by molar-refractivity contribution is -0.397. The second-order valence-electron chi connectivity index (χ2n) is 25.7. The van der Waals surface area contributed by atoms with Crippen LogP contribution in [0.4, 0.5) is 0 Å². The maximum Gasteiger partial charge on any atom is 0.397 e. The molecule has 51 heteroatoms. The number of amides is 3. The largest absolute Gasteiger partial charge is 0.397 e. The fraction of sp³-hybridized carbons (Fsp3) is 0.944. The van der Waals surface area contributed by atoms with E-state index in [-0.39, 0.29) is 0 Å². The maximum atomic E-state index is 13.1. The van der Waals surface area contributed by atoms with Gasteiger partial charge in [0.1, 0.15) is 189 Å². The number of nitrogens with one attached hydrogen (secondary N) is 3. The average Bonchev–Trinajstić information content (AvgIpc) is 0.765. The van der Waals surface area contributed by atoms with Crippen LogP contribution in [0.3, 0.4) is 0 Å². The van der Waals surface area contributed by atoms with Crippen molar-refractivity contribution in [3.8, 4) is 0 Å². The summed E-state index contributed by atoms with van der Waals surface area (Å²) in [4.78, 5) is 38.5. The van der Waals surface area contributed by atoms with Crippen LogP contribution in [-0.4, -0.2) is 438 Å². The normalized spacial score (nSPS) is 47.3. The lowest BCUT2D eigenvalue weighted by Gasteiger charge is -2.51. The topological polar surface area (TPSA) is 758 Å². The van der Waals surface area contributed by atoms with Gasteiger partial charge in [-0.05, 0) is 6.92 Å². The molecule has 0 aromatic carbocycles. The molecule has 8 heterocycles. The number of hydrogen-bond donors (Lipinski definition) is 25. The highest BCUT2D eigenvalue weighted by Crippen LogP contribution is 2.39. The first-order valence-corrected chi connectivity index (χ1v) is 35.0. The summed E-state index contributed by atoms with van der Waals surface area (Å²) in [6.45, 7) is -4.07. The first-order valence-electron chi connectivity index (χ1n) is 32.3. The minimum Gasteiger partial charge on any atom is -0.394 e. The molecule has 25 N–H and O–H groups in total. The molecule has 0 aromatic heterocycles. The molecule has 40 atom stereocenters. The molecule has 8 rings (SSSR count). The van der Waals surface area contributed by atoms with Crippen molar-refractivity contribution in [1.82, 2.24) is 16.0 Å². The van der Waals surface area contributed by atoms with Crippen molar-refractivity contribution >= 4 is 38.5 Å². The molecule has 0 radical (unpaired) electrons. The van der Waals surface area contributed by atoms with E-state index in [4.69, 9.17) is 71.1 Å². The minimum absolute atomic E-state index is 0.827. The van der Waals surface area contributed by atoms with Gasteiger partial charge in [0.15, 0.2) is 50.3 Å². The quantitative estimate of drug-likeness (QED) is 0.0324. The van der Waals surface area contributed by atoms with Gasteiger partial charge in [-0.15, -0.1) is 0 Å². The SMILES string of the molecule is CC(=O)N[C@@H]1[C@@H](O)[C@H](O[C@@H]2O[C@H](CO)[C@@H](O[C@@H]3O[C@H](CO[C@H]4O[C@H](CO)[C@@H](O)[C@H](O)[C@@H]4O)[C@@H](O)[C@H](O[C@H]4O[C@H](CO)[C@@H](O)[C@H](O)[C@@H]4O[C@@H]4O[C@H](COS(=O)(=O)O)[C@@H](O)[C@H](O[C@@H]5O[C@H](CO)[C@H](OS(=O)(=O)O)[C@H](O)[C@H]5O)[C@H]4NC(C)=O)[C@@H]3O)[C@H](O)[C@H]2NC(C)=O)[C@@H](CO[C@@H]2O[C@@H](C)[C@@H](O)[C@@H](O)[C@@H]2O)O[C@H]1O. The predicted octanol–water partition coefficient (Wildman–Crippen LogP) is -17.3.